The molecule has 0 saturated carbocycles. The quantitative estimate of drug-likeness (QED) is 0.422. The molecule has 0 bridgehead atoms. The van der Waals surface area contributed by atoms with Crippen LogP contribution in [0.4, 0.5) is 0 Å². The molecule has 3 aromatic heterocycles. The van der Waals surface area contributed by atoms with Crippen molar-refractivity contribution in [1.82, 2.24) is 34.8 Å². The molecule has 9 heteroatoms. The Balaban J connectivity index is 1.40. The molecule has 1 aliphatic rings. The summed E-state index contributed by atoms with van der Waals surface area (Å²) in [6.45, 7) is 8.52. The van der Waals surface area contributed by atoms with Crippen LogP contribution >= 0.6 is 11.3 Å². The molecule has 0 spiro atoms. The Kier molecular flexibility index (Phi) is 6.55. The monoisotopic (exact) mass is 475 g/mol. The summed E-state index contributed by atoms with van der Waals surface area (Å²) >= 11 is 1.54. The van der Waals surface area contributed by atoms with Gasteiger partial charge in [-0.2, -0.15) is 10.2 Å². The Bertz CT molecular complexity index is 1260. The van der Waals surface area contributed by atoms with Crippen molar-refractivity contribution in [3.63, 3.8) is 0 Å². The fourth-order valence-corrected chi connectivity index (χ4v) is 5.00. The Morgan fingerprint density at radius 1 is 1.18 bits per heavy atom. The first-order valence-corrected chi connectivity index (χ1v) is 12.5. The van der Waals surface area contributed by atoms with Gasteiger partial charge in [-0.15, -0.1) is 11.3 Å². The van der Waals surface area contributed by atoms with Crippen LogP contribution in [-0.4, -0.2) is 41.9 Å². The molecule has 0 fully saturated rings. The lowest BCUT2D eigenvalue weighted by Gasteiger charge is -2.27. The van der Waals surface area contributed by atoms with Crippen LogP contribution in [-0.2, 0) is 39.1 Å². The normalized spacial score (nSPS) is 13.7. The zero-order valence-corrected chi connectivity index (χ0v) is 20.4. The molecule has 5 rings (SSSR count). The fraction of sp³-hybridized carbons (Fsp3) is 0.360. The van der Waals surface area contributed by atoms with Crippen molar-refractivity contribution in [3.05, 3.63) is 86.9 Å². The van der Waals surface area contributed by atoms with Gasteiger partial charge in [-0.25, -0.2) is 4.98 Å². The maximum absolute atomic E-state index is 13.2. The van der Waals surface area contributed by atoms with E-state index < -0.39 is 0 Å². The number of aryl methyl sites for hydroxylation is 2. The van der Waals surface area contributed by atoms with Crippen molar-refractivity contribution in [3.8, 4) is 0 Å². The first-order chi connectivity index (χ1) is 16.6. The highest BCUT2D eigenvalue weighted by molar-refractivity contribution is 7.09. The van der Waals surface area contributed by atoms with E-state index >= 15 is 0 Å². The summed E-state index contributed by atoms with van der Waals surface area (Å²) in [7, 11) is 0. The highest BCUT2D eigenvalue weighted by Gasteiger charge is 2.28. The molecule has 0 aliphatic carbocycles. The van der Waals surface area contributed by atoms with Gasteiger partial charge < -0.3 is 5.32 Å². The lowest BCUT2D eigenvalue weighted by Crippen LogP contribution is -2.32. The molecule has 1 amide bonds. The van der Waals surface area contributed by atoms with E-state index in [0.717, 1.165) is 48.0 Å². The second-order valence-electron chi connectivity index (χ2n) is 8.58. The zero-order chi connectivity index (χ0) is 23.5. The van der Waals surface area contributed by atoms with E-state index in [1.54, 1.807) is 6.20 Å². The number of benzene rings is 1. The molecule has 4 aromatic rings. The van der Waals surface area contributed by atoms with E-state index in [1.165, 1.54) is 22.5 Å². The maximum atomic E-state index is 13.2. The molecule has 8 nitrogen and oxygen atoms in total. The SMILES string of the molecule is CCn1cc(CN2CCc3c(c(C(=O)NCc4nccs4)nn3Cc3ccccc3)C2)c(C)n1. The molecular formula is C25H29N7OS. The fourth-order valence-electron chi connectivity index (χ4n) is 4.45. The average Bonchev–Trinajstić information content (AvgIpc) is 3.58. The molecule has 0 saturated heterocycles. The second kappa shape index (κ2) is 9.90. The highest BCUT2D eigenvalue weighted by Crippen LogP contribution is 2.25. The maximum Gasteiger partial charge on any atom is 0.272 e. The van der Waals surface area contributed by atoms with Crippen LogP contribution in [0.25, 0.3) is 0 Å². The number of fused-ring (bicyclic) bond motifs is 1. The number of nitrogens with zero attached hydrogens (tertiary/aromatic N) is 6. The number of rotatable bonds is 8. The predicted octanol–water partition coefficient (Wildman–Crippen LogP) is 3.40. The van der Waals surface area contributed by atoms with E-state index in [0.29, 0.717) is 25.3 Å². The molecule has 1 aliphatic heterocycles. The van der Waals surface area contributed by atoms with E-state index in [2.05, 4.69) is 52.5 Å². The van der Waals surface area contributed by atoms with Gasteiger partial charge in [-0.05, 0) is 19.4 Å². The topological polar surface area (TPSA) is 80.9 Å². The minimum absolute atomic E-state index is 0.143. The highest BCUT2D eigenvalue weighted by atomic mass is 32.1. The lowest BCUT2D eigenvalue weighted by molar-refractivity contribution is 0.0942. The molecule has 34 heavy (non-hydrogen) atoms. The van der Waals surface area contributed by atoms with Crippen LogP contribution in [0, 0.1) is 6.92 Å². The standard InChI is InChI=1S/C25H29N7OS/c1-3-31-16-20(18(2)28-31)15-30-11-9-22-21(17-30)24(25(33)27-13-23-26-10-12-34-23)29-32(22)14-19-7-5-4-6-8-19/h4-8,10,12,16H,3,9,11,13-15,17H2,1-2H3,(H,27,33). The van der Waals surface area contributed by atoms with Crippen LogP contribution in [0.1, 0.15) is 50.5 Å². The molecular weight excluding hydrogens is 446 g/mol. The molecule has 1 aromatic carbocycles. The van der Waals surface area contributed by atoms with Crippen LogP contribution in [0.2, 0.25) is 0 Å². The van der Waals surface area contributed by atoms with Crippen molar-refractivity contribution in [2.45, 2.75) is 53.0 Å². The third kappa shape index (κ3) is 4.80. The Morgan fingerprint density at radius 2 is 2.03 bits per heavy atom. The zero-order valence-electron chi connectivity index (χ0n) is 19.6. The third-order valence-electron chi connectivity index (χ3n) is 6.25. The smallest absolute Gasteiger partial charge is 0.272 e. The van der Waals surface area contributed by atoms with Crippen LogP contribution in [0.15, 0.2) is 48.1 Å². The molecule has 0 unspecified atom stereocenters. The molecule has 0 atom stereocenters. The van der Waals surface area contributed by atoms with Gasteiger partial charge in [-0.3, -0.25) is 19.1 Å². The number of hydrogen-bond donors (Lipinski definition) is 1. The number of aromatic nitrogens is 5. The minimum atomic E-state index is -0.143. The molecule has 176 valence electrons. The molecule has 1 N–H and O–H groups in total. The molecule has 0 radical (unpaired) electrons. The first-order valence-electron chi connectivity index (χ1n) is 11.6. The summed E-state index contributed by atoms with van der Waals surface area (Å²) in [4.78, 5) is 19.9. The summed E-state index contributed by atoms with van der Waals surface area (Å²) in [5.74, 6) is -0.143. The van der Waals surface area contributed by atoms with Crippen LogP contribution in [0.5, 0.6) is 0 Å². The first kappa shape index (κ1) is 22.5. The van der Waals surface area contributed by atoms with Crippen LogP contribution in [0.3, 0.4) is 0 Å². The Hall–Kier alpha value is -3.30. The second-order valence-corrected chi connectivity index (χ2v) is 9.56. The van der Waals surface area contributed by atoms with Gasteiger partial charge in [-0.1, -0.05) is 30.3 Å². The summed E-state index contributed by atoms with van der Waals surface area (Å²) < 4.78 is 4.00. The summed E-state index contributed by atoms with van der Waals surface area (Å²) in [5, 5.41) is 15.2. The number of thiazole rings is 1. The van der Waals surface area contributed by atoms with Crippen molar-refractivity contribution in [2.75, 3.05) is 6.54 Å². The van der Waals surface area contributed by atoms with Gasteiger partial charge in [0.25, 0.3) is 5.91 Å². The summed E-state index contributed by atoms with van der Waals surface area (Å²) in [5.41, 5.74) is 6.17. The van der Waals surface area contributed by atoms with Crippen molar-refractivity contribution in [1.29, 1.82) is 0 Å². The average molecular weight is 476 g/mol. The van der Waals surface area contributed by atoms with Gasteiger partial charge in [0.2, 0.25) is 0 Å². The summed E-state index contributed by atoms with van der Waals surface area (Å²) in [6.07, 6.45) is 4.74. The Labute approximate surface area is 203 Å². The number of carbonyl (C=O) groups is 1. The van der Waals surface area contributed by atoms with Gasteiger partial charge >= 0.3 is 0 Å². The van der Waals surface area contributed by atoms with E-state index in [4.69, 9.17) is 5.10 Å². The Morgan fingerprint density at radius 3 is 2.76 bits per heavy atom. The van der Waals surface area contributed by atoms with Gasteiger partial charge in [0.15, 0.2) is 5.69 Å². The number of hydrogen-bond acceptors (Lipinski definition) is 6. The number of amides is 1. The molecule has 4 heterocycles. The van der Waals surface area contributed by atoms with Gasteiger partial charge in [0.05, 0.1) is 18.8 Å². The van der Waals surface area contributed by atoms with Crippen molar-refractivity contribution >= 4 is 17.2 Å². The largest absolute Gasteiger partial charge is 0.344 e. The third-order valence-corrected chi connectivity index (χ3v) is 7.03. The summed E-state index contributed by atoms with van der Waals surface area (Å²) in [6, 6.07) is 10.3. The van der Waals surface area contributed by atoms with Gasteiger partial charge in [0, 0.05) is 67.2 Å². The van der Waals surface area contributed by atoms with Crippen molar-refractivity contribution in [2.24, 2.45) is 0 Å². The van der Waals surface area contributed by atoms with E-state index in [-0.39, 0.29) is 5.91 Å². The van der Waals surface area contributed by atoms with Crippen molar-refractivity contribution < 1.29 is 4.79 Å². The minimum Gasteiger partial charge on any atom is -0.344 e. The van der Waals surface area contributed by atoms with E-state index in [9.17, 15) is 4.79 Å². The van der Waals surface area contributed by atoms with E-state index in [1.807, 2.05) is 32.9 Å². The predicted molar refractivity (Wildman–Crippen MR) is 132 cm³/mol. The van der Waals surface area contributed by atoms with Gasteiger partial charge in [0.1, 0.15) is 5.01 Å². The lowest BCUT2D eigenvalue weighted by atomic mass is 10.0. The number of nitrogens with one attached hydrogen (secondary N) is 1. The number of carbonyl (C=O) groups excluding carboxylic acids is 1. The van der Waals surface area contributed by atoms with Crippen LogP contribution < -0.4 is 5.32 Å².